The van der Waals surface area contributed by atoms with E-state index in [1.54, 1.807) is 0 Å². The van der Waals surface area contributed by atoms with E-state index in [2.05, 4.69) is 0 Å². The van der Waals surface area contributed by atoms with Gasteiger partial charge in [-0.15, -0.1) is 46.4 Å². The zero-order valence-corrected chi connectivity index (χ0v) is 15.4. The van der Waals surface area contributed by atoms with Crippen molar-refractivity contribution in [2.45, 2.75) is 25.3 Å². The third kappa shape index (κ3) is 1.18. The predicted octanol–water partition coefficient (Wildman–Crippen LogP) is 3.57. The molecule has 0 aromatic heterocycles. The van der Waals surface area contributed by atoms with E-state index in [1.807, 2.05) is 0 Å². The van der Waals surface area contributed by atoms with E-state index in [9.17, 15) is 15.0 Å². The average molecular weight is 454 g/mol. The van der Waals surface area contributed by atoms with Gasteiger partial charge in [-0.25, -0.2) is 0 Å². The number of allylic oxidation sites excluding steroid dienone is 2. The van der Waals surface area contributed by atoms with Crippen LogP contribution in [0.4, 0.5) is 0 Å². The SMILES string of the molecule is O=C1C(Cl)=C(Cl)[C@@]2(Cl)[C@@]1(Cl)[C@@]1(Cl)C(Cl)=C(Cl)[C@@]2(Cl)C1(O)O. The minimum absolute atomic E-state index is 0.477. The summed E-state index contributed by atoms with van der Waals surface area (Å²) in [5.74, 6) is -4.09. The number of halogens is 8. The van der Waals surface area contributed by atoms with Gasteiger partial charge >= 0.3 is 0 Å². The van der Waals surface area contributed by atoms with Gasteiger partial charge in [-0.3, -0.25) is 4.79 Å². The molecule has 116 valence electrons. The van der Waals surface area contributed by atoms with Crippen LogP contribution in [0, 0.1) is 0 Å². The van der Waals surface area contributed by atoms with Crippen molar-refractivity contribution in [1.82, 2.24) is 0 Å². The van der Waals surface area contributed by atoms with Crippen molar-refractivity contribution in [3.63, 3.8) is 0 Å². The Hall–Kier alpha value is 1.39. The van der Waals surface area contributed by atoms with E-state index in [0.29, 0.717) is 0 Å². The largest absolute Gasteiger partial charge is 0.362 e. The van der Waals surface area contributed by atoms with Crippen molar-refractivity contribution in [1.29, 1.82) is 0 Å². The Kier molecular flexibility index (Phi) is 3.39. The van der Waals surface area contributed by atoms with Gasteiger partial charge in [-0.1, -0.05) is 46.4 Å². The molecule has 3 rings (SSSR count). The fourth-order valence-electron chi connectivity index (χ4n) is 3.12. The first-order valence-electron chi connectivity index (χ1n) is 5.16. The molecule has 0 saturated heterocycles. The number of fused-ring (bicyclic) bond motifs is 5. The summed E-state index contributed by atoms with van der Waals surface area (Å²) in [7, 11) is 0. The van der Waals surface area contributed by atoms with Gasteiger partial charge in [0.2, 0.25) is 11.6 Å². The van der Waals surface area contributed by atoms with Gasteiger partial charge in [0.15, 0.2) is 14.6 Å². The molecule has 2 N–H and O–H groups in total. The Morgan fingerprint density at radius 3 is 1.48 bits per heavy atom. The van der Waals surface area contributed by atoms with E-state index < -0.39 is 51.2 Å². The number of alkyl halides is 4. The normalized spacial score (nSPS) is 51.2. The Morgan fingerprint density at radius 2 is 1.05 bits per heavy atom. The Bertz CT molecular complexity index is 686. The molecule has 0 unspecified atom stereocenters. The lowest BCUT2D eigenvalue weighted by Crippen LogP contribution is -2.61. The second-order valence-corrected chi connectivity index (χ2v) is 8.67. The zero-order chi connectivity index (χ0) is 16.4. The van der Waals surface area contributed by atoms with E-state index in [4.69, 9.17) is 92.8 Å². The van der Waals surface area contributed by atoms with Gasteiger partial charge in [-0.05, 0) is 0 Å². The molecule has 0 aliphatic heterocycles. The minimum atomic E-state index is -3.06. The third-order valence-corrected chi connectivity index (χ3v) is 9.71. The molecule has 21 heavy (non-hydrogen) atoms. The Morgan fingerprint density at radius 1 is 0.667 bits per heavy atom. The zero-order valence-electron chi connectivity index (χ0n) is 9.33. The summed E-state index contributed by atoms with van der Waals surface area (Å²) < 4.78 is 0. The lowest BCUT2D eigenvalue weighted by molar-refractivity contribution is -0.175. The van der Waals surface area contributed by atoms with Gasteiger partial charge in [0, 0.05) is 0 Å². The molecule has 3 nitrogen and oxygen atoms in total. The highest BCUT2D eigenvalue weighted by Crippen LogP contribution is 2.82. The first kappa shape index (κ1) is 17.2. The Labute approximate surface area is 158 Å². The van der Waals surface area contributed by atoms with Gasteiger partial charge in [0.05, 0.1) is 15.1 Å². The predicted molar refractivity (Wildman–Crippen MR) is 84.0 cm³/mol. The third-order valence-electron chi connectivity index (χ3n) is 4.19. The molecule has 1 saturated carbocycles. The van der Waals surface area contributed by atoms with Crippen LogP contribution in [0.25, 0.3) is 0 Å². The monoisotopic (exact) mass is 450 g/mol. The number of carbonyl (C=O) groups excluding carboxylic acids is 1. The van der Waals surface area contributed by atoms with Crippen molar-refractivity contribution in [2.24, 2.45) is 0 Å². The summed E-state index contributed by atoms with van der Waals surface area (Å²) in [5.41, 5.74) is 0. The molecule has 11 heteroatoms. The van der Waals surface area contributed by atoms with Gasteiger partial charge in [0.1, 0.15) is 9.91 Å². The Balaban J connectivity index is 2.55. The number of carbonyl (C=O) groups is 1. The highest BCUT2D eigenvalue weighted by Gasteiger charge is 2.98. The number of Topliss-reactive ketones (excluding diaryl/α,β-unsaturated/α-hetero) is 1. The van der Waals surface area contributed by atoms with Gasteiger partial charge in [-0.2, -0.15) is 0 Å². The van der Waals surface area contributed by atoms with Crippen LogP contribution in [0.5, 0.6) is 0 Å². The number of hydrogen-bond acceptors (Lipinski definition) is 3. The highest BCUT2D eigenvalue weighted by molar-refractivity contribution is 6.70. The van der Waals surface area contributed by atoms with E-state index in [1.165, 1.54) is 0 Å². The molecule has 0 aromatic rings. The smallest absolute Gasteiger partial charge is 0.217 e. The van der Waals surface area contributed by atoms with Crippen molar-refractivity contribution in [3.05, 3.63) is 20.1 Å². The molecular formula is C10H2Cl8O3. The van der Waals surface area contributed by atoms with Crippen LogP contribution in [0.15, 0.2) is 20.1 Å². The van der Waals surface area contributed by atoms with Crippen LogP contribution in [0.3, 0.4) is 0 Å². The van der Waals surface area contributed by atoms with Crippen molar-refractivity contribution in [2.75, 3.05) is 0 Å². The summed E-state index contributed by atoms with van der Waals surface area (Å²) in [6, 6.07) is 0. The first-order chi connectivity index (χ1) is 9.29. The van der Waals surface area contributed by atoms with Gasteiger partial charge in [0.25, 0.3) is 0 Å². The number of ketones is 1. The molecule has 1 fully saturated rings. The van der Waals surface area contributed by atoms with Crippen molar-refractivity contribution >= 4 is 98.6 Å². The fourth-order valence-corrected chi connectivity index (χ4v) is 7.18. The van der Waals surface area contributed by atoms with Crippen molar-refractivity contribution < 1.29 is 15.0 Å². The van der Waals surface area contributed by atoms with E-state index in [0.717, 1.165) is 0 Å². The van der Waals surface area contributed by atoms with Crippen molar-refractivity contribution in [3.8, 4) is 0 Å². The lowest BCUT2D eigenvalue weighted by atomic mass is 9.82. The summed E-state index contributed by atoms with van der Waals surface area (Å²) >= 11 is 49.0. The van der Waals surface area contributed by atoms with Crippen LogP contribution in [-0.4, -0.2) is 41.3 Å². The summed E-state index contributed by atoms with van der Waals surface area (Å²) in [6.07, 6.45) is 0. The second kappa shape index (κ2) is 4.13. The van der Waals surface area contributed by atoms with Crippen LogP contribution in [0.1, 0.15) is 0 Å². The second-order valence-electron chi connectivity index (χ2n) is 4.89. The first-order valence-corrected chi connectivity index (χ1v) is 8.19. The number of hydrogen-bond donors (Lipinski definition) is 2. The molecule has 2 bridgehead atoms. The van der Waals surface area contributed by atoms with E-state index >= 15 is 0 Å². The molecular weight excluding hydrogens is 452 g/mol. The number of aliphatic hydroxyl groups is 2. The van der Waals surface area contributed by atoms with Gasteiger partial charge < -0.3 is 10.2 Å². The molecule has 3 aliphatic rings. The number of rotatable bonds is 0. The van der Waals surface area contributed by atoms with Crippen LogP contribution in [0.2, 0.25) is 0 Å². The topological polar surface area (TPSA) is 57.5 Å². The molecule has 0 radical (unpaired) electrons. The molecule has 4 atom stereocenters. The standard InChI is InChI=1S/C10H2Cl8O3/c11-1-2(12)6(15)7(16)3(13)4(14)8(17,10(7,20)21)9(6,18)5(1)19/h20-21H/t6-,7-,8-,9+/m0/s1. The maximum absolute atomic E-state index is 12.4. The highest BCUT2D eigenvalue weighted by atomic mass is 35.5. The van der Waals surface area contributed by atoms with E-state index in [-0.39, 0.29) is 0 Å². The molecule has 0 spiro atoms. The molecule has 3 aliphatic carbocycles. The fraction of sp³-hybridized carbons (Fsp3) is 0.500. The van der Waals surface area contributed by atoms with Crippen LogP contribution < -0.4 is 0 Å². The summed E-state index contributed by atoms with van der Waals surface area (Å²) in [4.78, 5) is 2.70. The molecule has 0 aromatic carbocycles. The molecule has 0 heterocycles. The minimum Gasteiger partial charge on any atom is -0.362 e. The quantitative estimate of drug-likeness (QED) is 0.435. The van der Waals surface area contributed by atoms with Crippen LogP contribution in [-0.2, 0) is 4.79 Å². The molecule has 0 amide bonds. The maximum atomic E-state index is 12.4. The lowest BCUT2D eigenvalue weighted by Gasteiger charge is -2.43. The summed E-state index contributed by atoms with van der Waals surface area (Å²) in [6.45, 7) is 0. The maximum Gasteiger partial charge on any atom is 0.217 e. The summed E-state index contributed by atoms with van der Waals surface area (Å²) in [5, 5.41) is 18.9. The van der Waals surface area contributed by atoms with Crippen LogP contribution >= 0.6 is 92.8 Å². The average Bonchev–Trinajstić information content (AvgIpc) is 2.67.